The molecular weight excluding hydrogens is 334 g/mol. The fourth-order valence-electron chi connectivity index (χ4n) is 5.71. The molecule has 0 unspecified atom stereocenters. The van der Waals surface area contributed by atoms with Crippen molar-refractivity contribution in [1.82, 2.24) is 0 Å². The number of fused-ring (bicyclic) bond motifs is 3. The molecule has 3 aliphatic rings. The van der Waals surface area contributed by atoms with Crippen LogP contribution in [0.25, 0.3) is 0 Å². The van der Waals surface area contributed by atoms with Crippen molar-refractivity contribution in [2.75, 3.05) is 0 Å². The standard InChI is InChI=1S/C24H27NO2/c1-17-8-9-21(27-15-18-6-4-3-5-7-18)22-23(2)12-11-20(26)14-19(23)10-13-24(17,22)16-25/h3-7,14,21-22H,1,8-13,15H2,2H3/t21-,22-,23+,24-/m0/s1. The van der Waals surface area contributed by atoms with Crippen molar-refractivity contribution < 1.29 is 9.53 Å². The Labute approximate surface area is 161 Å². The Balaban J connectivity index is 1.70. The number of hydrogen-bond donors (Lipinski definition) is 0. The maximum Gasteiger partial charge on any atom is 0.155 e. The Morgan fingerprint density at radius 3 is 2.74 bits per heavy atom. The minimum atomic E-state index is -0.536. The van der Waals surface area contributed by atoms with Gasteiger partial charge in [-0.25, -0.2) is 0 Å². The van der Waals surface area contributed by atoms with Crippen molar-refractivity contribution in [2.45, 2.75) is 58.2 Å². The van der Waals surface area contributed by atoms with Gasteiger partial charge in [-0.2, -0.15) is 5.26 Å². The lowest BCUT2D eigenvalue weighted by molar-refractivity contribution is -0.121. The quantitative estimate of drug-likeness (QED) is 0.701. The summed E-state index contributed by atoms with van der Waals surface area (Å²) >= 11 is 0. The average molecular weight is 361 g/mol. The Morgan fingerprint density at radius 1 is 1.22 bits per heavy atom. The van der Waals surface area contributed by atoms with E-state index in [0.29, 0.717) is 13.0 Å². The van der Waals surface area contributed by atoms with Crippen LogP contribution in [0, 0.1) is 28.1 Å². The lowest BCUT2D eigenvalue weighted by Crippen LogP contribution is -2.56. The average Bonchev–Trinajstić information content (AvgIpc) is 2.69. The van der Waals surface area contributed by atoms with Crippen molar-refractivity contribution in [2.24, 2.45) is 16.7 Å². The molecular formula is C24H27NO2. The number of hydrogen-bond acceptors (Lipinski definition) is 3. The van der Waals surface area contributed by atoms with Gasteiger partial charge in [0.25, 0.3) is 0 Å². The topological polar surface area (TPSA) is 50.1 Å². The first kappa shape index (κ1) is 18.2. The van der Waals surface area contributed by atoms with Crippen molar-refractivity contribution in [3.8, 4) is 6.07 Å². The summed E-state index contributed by atoms with van der Waals surface area (Å²) < 4.78 is 6.45. The highest BCUT2D eigenvalue weighted by molar-refractivity contribution is 5.91. The fraction of sp³-hybridized carbons (Fsp3) is 0.500. The van der Waals surface area contributed by atoms with Crippen molar-refractivity contribution in [3.05, 3.63) is 59.7 Å². The van der Waals surface area contributed by atoms with Gasteiger partial charge < -0.3 is 4.74 Å². The molecule has 0 saturated heterocycles. The predicted octanol–water partition coefficient (Wildman–Crippen LogP) is 5.14. The zero-order valence-corrected chi connectivity index (χ0v) is 16.0. The molecule has 4 rings (SSSR count). The van der Waals surface area contributed by atoms with E-state index in [2.05, 4.69) is 31.7 Å². The van der Waals surface area contributed by atoms with Crippen molar-refractivity contribution in [3.63, 3.8) is 0 Å². The molecule has 1 aromatic carbocycles. The number of rotatable bonds is 3. The summed E-state index contributed by atoms with van der Waals surface area (Å²) in [6.07, 6.45) is 6.56. The highest BCUT2D eigenvalue weighted by atomic mass is 16.5. The van der Waals surface area contributed by atoms with E-state index in [0.717, 1.165) is 43.2 Å². The van der Waals surface area contributed by atoms with Crippen LogP contribution < -0.4 is 0 Å². The number of nitriles is 1. The Kier molecular flexibility index (Phi) is 4.56. The molecule has 0 spiro atoms. The first-order valence-electron chi connectivity index (χ1n) is 9.98. The third-order valence-electron chi connectivity index (χ3n) is 7.21. The molecule has 0 radical (unpaired) electrons. The molecule has 0 aromatic heterocycles. The zero-order chi connectivity index (χ0) is 19.1. The molecule has 4 atom stereocenters. The normalized spacial score (nSPS) is 35.6. The predicted molar refractivity (Wildman–Crippen MR) is 105 cm³/mol. The van der Waals surface area contributed by atoms with E-state index in [9.17, 15) is 10.1 Å². The molecule has 3 nitrogen and oxygen atoms in total. The van der Waals surface area contributed by atoms with Gasteiger partial charge in [-0.15, -0.1) is 0 Å². The third-order valence-corrected chi connectivity index (χ3v) is 7.21. The Bertz CT molecular complexity index is 834. The minimum Gasteiger partial charge on any atom is -0.373 e. The summed E-state index contributed by atoms with van der Waals surface area (Å²) in [6.45, 7) is 7.12. The molecule has 3 aliphatic carbocycles. The summed E-state index contributed by atoms with van der Waals surface area (Å²) in [7, 11) is 0. The number of carbonyl (C=O) groups excluding carboxylic acids is 1. The Hall–Kier alpha value is -2.18. The third kappa shape index (κ3) is 2.87. The molecule has 0 amide bonds. The van der Waals surface area contributed by atoms with Gasteiger partial charge in [0, 0.05) is 12.3 Å². The van der Waals surface area contributed by atoms with Gasteiger partial charge in [-0.05, 0) is 49.2 Å². The molecule has 2 fully saturated rings. The van der Waals surface area contributed by atoms with Crippen LogP contribution in [-0.4, -0.2) is 11.9 Å². The lowest BCUT2D eigenvalue weighted by Gasteiger charge is -2.58. The van der Waals surface area contributed by atoms with Crippen molar-refractivity contribution in [1.29, 1.82) is 5.26 Å². The van der Waals surface area contributed by atoms with Crippen LogP contribution in [0.2, 0.25) is 0 Å². The van der Waals surface area contributed by atoms with Crippen LogP contribution in [0.5, 0.6) is 0 Å². The van der Waals surface area contributed by atoms with Gasteiger partial charge >= 0.3 is 0 Å². The SMILES string of the molecule is C=C1CC[C@H](OCc2ccccc2)[C@H]2[C@]3(C)CCC(=O)C=C3CC[C@]12C#N. The molecule has 140 valence electrons. The van der Waals surface area contributed by atoms with E-state index in [1.165, 1.54) is 5.57 Å². The molecule has 3 heteroatoms. The zero-order valence-electron chi connectivity index (χ0n) is 16.0. The van der Waals surface area contributed by atoms with Crippen molar-refractivity contribution >= 4 is 5.78 Å². The molecule has 2 saturated carbocycles. The number of ketones is 1. The van der Waals surface area contributed by atoms with E-state index in [1.54, 1.807) is 0 Å². The van der Waals surface area contributed by atoms with Crippen LogP contribution >= 0.6 is 0 Å². The van der Waals surface area contributed by atoms with Gasteiger partial charge in [-0.1, -0.05) is 55.0 Å². The van der Waals surface area contributed by atoms with Gasteiger partial charge in [-0.3, -0.25) is 4.79 Å². The van der Waals surface area contributed by atoms with Crippen LogP contribution in [0.1, 0.15) is 51.0 Å². The summed E-state index contributed by atoms with van der Waals surface area (Å²) in [5.41, 5.74) is 2.74. The summed E-state index contributed by atoms with van der Waals surface area (Å²) in [4.78, 5) is 12.0. The summed E-state index contributed by atoms with van der Waals surface area (Å²) in [5.74, 6) is 0.288. The van der Waals surface area contributed by atoms with E-state index in [4.69, 9.17) is 4.74 Å². The summed E-state index contributed by atoms with van der Waals surface area (Å²) in [5, 5.41) is 10.3. The minimum absolute atomic E-state index is 0.0114. The largest absolute Gasteiger partial charge is 0.373 e. The van der Waals surface area contributed by atoms with E-state index >= 15 is 0 Å². The highest BCUT2D eigenvalue weighted by Crippen LogP contribution is 2.64. The molecule has 1 aromatic rings. The summed E-state index contributed by atoms with van der Waals surface area (Å²) in [6, 6.07) is 12.9. The van der Waals surface area contributed by atoms with Crippen LogP contribution in [0.3, 0.4) is 0 Å². The molecule has 0 bridgehead atoms. The van der Waals surface area contributed by atoms with E-state index < -0.39 is 5.41 Å². The maximum atomic E-state index is 12.0. The molecule has 0 heterocycles. The van der Waals surface area contributed by atoms with Crippen LogP contribution in [0.4, 0.5) is 0 Å². The van der Waals surface area contributed by atoms with E-state index in [1.807, 2.05) is 24.3 Å². The Morgan fingerprint density at radius 2 is 2.00 bits per heavy atom. The number of nitrogens with zero attached hydrogens (tertiary/aromatic N) is 1. The molecule has 0 N–H and O–H groups in total. The monoisotopic (exact) mass is 361 g/mol. The first-order chi connectivity index (χ1) is 13.0. The van der Waals surface area contributed by atoms with Crippen LogP contribution in [-0.2, 0) is 16.1 Å². The molecule has 0 aliphatic heterocycles. The highest BCUT2D eigenvalue weighted by Gasteiger charge is 2.60. The number of ether oxygens (including phenoxy) is 1. The second-order valence-corrected chi connectivity index (χ2v) is 8.59. The second-order valence-electron chi connectivity index (χ2n) is 8.59. The first-order valence-corrected chi connectivity index (χ1v) is 9.98. The smallest absolute Gasteiger partial charge is 0.155 e. The number of benzene rings is 1. The van der Waals surface area contributed by atoms with Crippen LogP contribution in [0.15, 0.2) is 54.1 Å². The maximum absolute atomic E-state index is 12.0. The lowest BCUT2D eigenvalue weighted by atomic mass is 9.45. The van der Waals surface area contributed by atoms with Gasteiger partial charge in [0.15, 0.2) is 5.78 Å². The molecule has 27 heavy (non-hydrogen) atoms. The van der Waals surface area contributed by atoms with Gasteiger partial charge in [0.1, 0.15) is 0 Å². The van der Waals surface area contributed by atoms with Gasteiger partial charge in [0.05, 0.1) is 24.2 Å². The number of carbonyl (C=O) groups is 1. The van der Waals surface area contributed by atoms with Gasteiger partial charge in [0.2, 0.25) is 0 Å². The van der Waals surface area contributed by atoms with E-state index in [-0.39, 0.29) is 23.2 Å². The fourth-order valence-corrected chi connectivity index (χ4v) is 5.71. The number of allylic oxidation sites excluding steroid dienone is 3. The second kappa shape index (κ2) is 6.77.